The second kappa shape index (κ2) is 8.95. The predicted molar refractivity (Wildman–Crippen MR) is 118 cm³/mol. The third-order valence-corrected chi connectivity index (χ3v) is 7.06. The van der Waals surface area contributed by atoms with Crippen LogP contribution in [0.3, 0.4) is 0 Å². The Morgan fingerprint density at radius 2 is 1.91 bits per heavy atom. The molecule has 1 N–H and O–H groups in total. The Labute approximate surface area is 191 Å². The molecule has 3 rings (SSSR count). The van der Waals surface area contributed by atoms with Crippen molar-refractivity contribution in [1.29, 1.82) is 0 Å². The number of hydrogen-bond donors (Lipinski definition) is 1. The molecule has 0 aromatic heterocycles. The topological polar surface area (TPSA) is 98.9 Å². The van der Waals surface area contributed by atoms with Crippen molar-refractivity contribution < 1.29 is 33.3 Å². The normalized spacial score (nSPS) is 36.8. The van der Waals surface area contributed by atoms with Crippen molar-refractivity contribution in [2.75, 3.05) is 20.8 Å². The lowest BCUT2D eigenvalue weighted by Crippen LogP contribution is -2.57. The van der Waals surface area contributed by atoms with Gasteiger partial charge < -0.3 is 29.0 Å². The second-order valence-corrected chi connectivity index (χ2v) is 10.8. The lowest BCUT2D eigenvalue weighted by Gasteiger charge is -2.42. The summed E-state index contributed by atoms with van der Waals surface area (Å²) in [7, 11) is 2.94. The first-order valence-corrected chi connectivity index (χ1v) is 11.4. The minimum absolute atomic E-state index is 0.0545. The van der Waals surface area contributed by atoms with E-state index in [2.05, 4.69) is 32.2 Å². The number of esters is 1. The molecule has 3 aliphatic rings. The van der Waals surface area contributed by atoms with Crippen LogP contribution in [0.2, 0.25) is 0 Å². The molecule has 182 valence electrons. The van der Waals surface area contributed by atoms with Crippen LogP contribution in [-0.2, 0) is 28.5 Å². The van der Waals surface area contributed by atoms with E-state index in [0.29, 0.717) is 13.0 Å². The van der Waals surface area contributed by atoms with Crippen LogP contribution in [0.1, 0.15) is 60.8 Å². The van der Waals surface area contributed by atoms with E-state index in [0.717, 1.165) is 12.8 Å². The number of ether oxygens (including phenoxy) is 5. The Morgan fingerprint density at radius 1 is 1.25 bits per heavy atom. The zero-order valence-electron chi connectivity index (χ0n) is 20.7. The first kappa shape index (κ1) is 25.0. The molecule has 1 saturated carbocycles. The molecule has 2 aliphatic heterocycles. The Hall–Kier alpha value is -1.64. The minimum atomic E-state index is -0.823. The first-order valence-electron chi connectivity index (χ1n) is 11.4. The molecule has 0 aromatic rings. The fourth-order valence-electron chi connectivity index (χ4n) is 5.11. The van der Waals surface area contributed by atoms with Crippen molar-refractivity contribution in [2.24, 2.45) is 11.3 Å². The molecule has 8 nitrogen and oxygen atoms in total. The van der Waals surface area contributed by atoms with Gasteiger partial charge in [-0.2, -0.15) is 0 Å². The number of epoxide rings is 2. The number of amides is 1. The van der Waals surface area contributed by atoms with Gasteiger partial charge in [-0.05, 0) is 45.4 Å². The van der Waals surface area contributed by atoms with Gasteiger partial charge in [0.05, 0.1) is 25.7 Å². The summed E-state index contributed by atoms with van der Waals surface area (Å²) in [5.41, 5.74) is 0.0398. The summed E-state index contributed by atoms with van der Waals surface area (Å²) < 4.78 is 28.7. The Morgan fingerprint density at radius 3 is 2.41 bits per heavy atom. The molecule has 32 heavy (non-hydrogen) atoms. The molecule has 1 spiro atoms. The van der Waals surface area contributed by atoms with Crippen molar-refractivity contribution in [3.8, 4) is 0 Å². The number of nitrogens with one attached hydrogen (secondary N) is 1. The molecule has 3 fully saturated rings. The molecule has 0 bridgehead atoms. The molecular weight excluding hydrogens is 414 g/mol. The van der Waals surface area contributed by atoms with Crippen LogP contribution in [0, 0.1) is 11.3 Å². The van der Waals surface area contributed by atoms with Gasteiger partial charge in [0.2, 0.25) is 0 Å². The van der Waals surface area contributed by atoms with E-state index in [4.69, 9.17) is 23.7 Å². The lowest BCUT2D eigenvalue weighted by atomic mass is 9.68. The highest BCUT2D eigenvalue weighted by Crippen LogP contribution is 2.59. The summed E-state index contributed by atoms with van der Waals surface area (Å²) in [6.45, 7) is 12.5. The standard InChI is InChI=1S/C24H39NO7/c1-14(2)9-10-16-23(6,32-16)18-17(28-7)15(11-12-24(18)13-30-24)31-21(27)25-19(20(26)29-8)22(3,4)5/h9,15-19H,10-13H2,1-8H3,(H,25,27)/t15-,16-,17+,18-,19?,23+,24+/m1/s1. The number of alkyl carbamates (subject to hydrolysis) is 1. The highest BCUT2D eigenvalue weighted by Gasteiger charge is 2.72. The van der Waals surface area contributed by atoms with Crippen LogP contribution in [0.25, 0.3) is 0 Å². The van der Waals surface area contributed by atoms with Crippen molar-refractivity contribution >= 4 is 12.1 Å². The fraction of sp³-hybridized carbons (Fsp3) is 0.833. The van der Waals surface area contributed by atoms with Crippen LogP contribution < -0.4 is 5.32 Å². The van der Waals surface area contributed by atoms with E-state index in [1.54, 1.807) is 7.11 Å². The molecule has 1 unspecified atom stereocenters. The SMILES string of the molecule is COC(=O)C(NC(=O)O[C@@H]1CC[C@]2(CO2)[C@@H]([C@@]2(C)O[C@@H]2CC=C(C)C)[C@H]1OC)C(C)(C)C. The lowest BCUT2D eigenvalue weighted by molar-refractivity contribution is -0.146. The van der Waals surface area contributed by atoms with Crippen molar-refractivity contribution in [3.63, 3.8) is 0 Å². The zero-order chi connectivity index (χ0) is 23.9. The molecule has 0 aromatic carbocycles. The van der Waals surface area contributed by atoms with Gasteiger partial charge in [-0.3, -0.25) is 0 Å². The van der Waals surface area contributed by atoms with Gasteiger partial charge in [-0.25, -0.2) is 9.59 Å². The van der Waals surface area contributed by atoms with E-state index in [1.165, 1.54) is 12.7 Å². The van der Waals surface area contributed by atoms with Crippen LogP contribution in [0.4, 0.5) is 4.79 Å². The monoisotopic (exact) mass is 453 g/mol. The third kappa shape index (κ3) is 4.97. The highest BCUT2D eigenvalue weighted by molar-refractivity contribution is 5.82. The summed E-state index contributed by atoms with van der Waals surface area (Å²) >= 11 is 0. The highest BCUT2D eigenvalue weighted by atomic mass is 16.6. The number of carbonyl (C=O) groups is 2. The summed E-state index contributed by atoms with van der Waals surface area (Å²) in [5.74, 6) is -0.563. The number of carbonyl (C=O) groups excluding carboxylic acids is 2. The molecule has 2 saturated heterocycles. The molecule has 0 radical (unpaired) electrons. The third-order valence-electron chi connectivity index (χ3n) is 7.06. The van der Waals surface area contributed by atoms with Crippen LogP contribution >= 0.6 is 0 Å². The molecule has 7 atom stereocenters. The van der Waals surface area contributed by atoms with Crippen molar-refractivity contribution in [2.45, 2.75) is 96.4 Å². The van der Waals surface area contributed by atoms with Crippen LogP contribution in [0.5, 0.6) is 0 Å². The smallest absolute Gasteiger partial charge is 0.408 e. The van der Waals surface area contributed by atoms with E-state index < -0.39 is 35.2 Å². The van der Waals surface area contributed by atoms with Gasteiger partial charge in [0, 0.05) is 7.11 Å². The number of methoxy groups -OCH3 is 2. The van der Waals surface area contributed by atoms with Gasteiger partial charge in [0.1, 0.15) is 29.5 Å². The Balaban J connectivity index is 1.72. The number of rotatable bonds is 7. The predicted octanol–water partition coefficient (Wildman–Crippen LogP) is 3.38. The van der Waals surface area contributed by atoms with Crippen molar-refractivity contribution in [3.05, 3.63) is 11.6 Å². The average Bonchev–Trinajstić information content (AvgIpc) is 3.62. The molecule has 1 amide bonds. The molecular formula is C24H39NO7. The maximum atomic E-state index is 12.8. The Kier molecular flexibility index (Phi) is 6.99. The van der Waals surface area contributed by atoms with Gasteiger partial charge >= 0.3 is 12.1 Å². The summed E-state index contributed by atoms with van der Waals surface area (Å²) in [4.78, 5) is 25.0. The molecule has 2 heterocycles. The summed E-state index contributed by atoms with van der Waals surface area (Å²) in [6.07, 6.45) is 2.99. The maximum absolute atomic E-state index is 12.8. The average molecular weight is 454 g/mol. The number of allylic oxidation sites excluding steroid dienone is 1. The van der Waals surface area contributed by atoms with E-state index in [9.17, 15) is 9.59 Å². The molecule has 1 aliphatic carbocycles. The van der Waals surface area contributed by atoms with Gasteiger partial charge in [0.25, 0.3) is 0 Å². The molecule has 8 heteroatoms. The summed E-state index contributed by atoms with van der Waals surface area (Å²) in [5, 5.41) is 2.69. The van der Waals surface area contributed by atoms with Crippen LogP contribution in [-0.4, -0.2) is 68.4 Å². The largest absolute Gasteiger partial charge is 0.467 e. The quantitative estimate of drug-likeness (QED) is 0.358. The fourth-order valence-corrected chi connectivity index (χ4v) is 5.11. The minimum Gasteiger partial charge on any atom is -0.467 e. The van der Waals surface area contributed by atoms with Gasteiger partial charge in [0.15, 0.2) is 0 Å². The van der Waals surface area contributed by atoms with Crippen LogP contribution in [0.15, 0.2) is 11.6 Å². The van der Waals surface area contributed by atoms with E-state index in [1.807, 2.05) is 20.8 Å². The van der Waals surface area contributed by atoms with Gasteiger partial charge in [-0.15, -0.1) is 0 Å². The Bertz CT molecular complexity index is 750. The maximum Gasteiger partial charge on any atom is 0.408 e. The van der Waals surface area contributed by atoms with Gasteiger partial charge in [-0.1, -0.05) is 32.4 Å². The van der Waals surface area contributed by atoms with Crippen molar-refractivity contribution in [1.82, 2.24) is 5.32 Å². The van der Waals surface area contributed by atoms with E-state index >= 15 is 0 Å². The summed E-state index contributed by atoms with van der Waals surface area (Å²) in [6, 6.07) is -0.823. The zero-order valence-corrected chi connectivity index (χ0v) is 20.7. The van der Waals surface area contributed by atoms with E-state index in [-0.39, 0.29) is 23.7 Å². The number of hydrogen-bond acceptors (Lipinski definition) is 7. The second-order valence-electron chi connectivity index (χ2n) is 10.8. The first-order chi connectivity index (χ1) is 14.9.